The number of rotatable bonds is 6. The number of hydrogen-bond acceptors (Lipinski definition) is 3. The maximum absolute atomic E-state index is 12.1. The highest BCUT2D eigenvalue weighted by Gasteiger charge is 2.13. The zero-order chi connectivity index (χ0) is 17.5. The monoisotopic (exact) mass is 365 g/mol. The number of benzene rings is 2. The van der Waals surface area contributed by atoms with E-state index in [9.17, 15) is 9.59 Å². The lowest BCUT2D eigenvalue weighted by molar-refractivity contribution is -0.116. The van der Waals surface area contributed by atoms with Gasteiger partial charge in [-0.25, -0.2) is 4.79 Å². The molecule has 0 heterocycles. The molecule has 0 aliphatic heterocycles. The lowest BCUT2D eigenvalue weighted by Gasteiger charge is -2.09. The van der Waals surface area contributed by atoms with Crippen molar-refractivity contribution in [1.82, 2.24) is 0 Å². The van der Waals surface area contributed by atoms with Gasteiger partial charge in [0.15, 0.2) is 0 Å². The SMILES string of the molecule is CCOC(=O)c1cc(NC(=O)CCc2ccccc2Cl)ccc1Cl. The van der Waals surface area contributed by atoms with Crippen LogP contribution in [0.1, 0.15) is 29.3 Å². The number of halogens is 2. The van der Waals surface area contributed by atoms with Crippen LogP contribution in [0.2, 0.25) is 10.0 Å². The van der Waals surface area contributed by atoms with Crippen LogP contribution >= 0.6 is 23.2 Å². The van der Waals surface area contributed by atoms with Gasteiger partial charge in [-0.2, -0.15) is 0 Å². The van der Waals surface area contributed by atoms with Crippen molar-refractivity contribution in [1.29, 1.82) is 0 Å². The third-order valence-electron chi connectivity index (χ3n) is 3.32. The smallest absolute Gasteiger partial charge is 0.339 e. The minimum atomic E-state index is -0.519. The molecule has 0 aromatic heterocycles. The number of nitrogens with one attached hydrogen (secondary N) is 1. The highest BCUT2D eigenvalue weighted by Crippen LogP contribution is 2.22. The zero-order valence-corrected chi connectivity index (χ0v) is 14.7. The molecule has 0 bridgehead atoms. The molecule has 1 amide bonds. The van der Waals surface area contributed by atoms with Crippen LogP contribution in [0.15, 0.2) is 42.5 Å². The van der Waals surface area contributed by atoms with E-state index in [0.29, 0.717) is 17.1 Å². The van der Waals surface area contributed by atoms with Crippen molar-refractivity contribution < 1.29 is 14.3 Å². The van der Waals surface area contributed by atoms with Gasteiger partial charge >= 0.3 is 5.97 Å². The van der Waals surface area contributed by atoms with E-state index in [1.54, 1.807) is 25.1 Å². The Balaban J connectivity index is 2.00. The van der Waals surface area contributed by atoms with Crippen molar-refractivity contribution in [2.75, 3.05) is 11.9 Å². The largest absolute Gasteiger partial charge is 0.462 e. The summed E-state index contributed by atoms with van der Waals surface area (Å²) in [4.78, 5) is 23.9. The Morgan fingerprint density at radius 1 is 1.08 bits per heavy atom. The zero-order valence-electron chi connectivity index (χ0n) is 13.1. The Bertz CT molecular complexity index is 747. The number of amides is 1. The second-order valence-corrected chi connectivity index (χ2v) is 5.87. The molecule has 24 heavy (non-hydrogen) atoms. The van der Waals surface area contributed by atoms with Gasteiger partial charge in [0.25, 0.3) is 0 Å². The molecule has 0 spiro atoms. The minimum absolute atomic E-state index is 0.174. The summed E-state index contributed by atoms with van der Waals surface area (Å²) in [6.07, 6.45) is 0.810. The van der Waals surface area contributed by atoms with Gasteiger partial charge in [0.2, 0.25) is 5.91 Å². The third kappa shape index (κ3) is 4.98. The fourth-order valence-corrected chi connectivity index (χ4v) is 2.57. The quantitative estimate of drug-likeness (QED) is 0.752. The maximum Gasteiger partial charge on any atom is 0.339 e. The normalized spacial score (nSPS) is 10.3. The summed E-state index contributed by atoms with van der Waals surface area (Å²) in [6.45, 7) is 1.97. The number of carbonyl (C=O) groups is 2. The number of anilines is 1. The van der Waals surface area contributed by atoms with Crippen LogP contribution in [0.4, 0.5) is 5.69 Å². The molecular formula is C18H17Cl2NO3. The number of aryl methyl sites for hydroxylation is 1. The topological polar surface area (TPSA) is 55.4 Å². The molecule has 0 unspecified atom stereocenters. The van der Waals surface area contributed by atoms with E-state index in [1.807, 2.05) is 18.2 Å². The van der Waals surface area contributed by atoms with E-state index in [-0.39, 0.29) is 29.5 Å². The molecule has 126 valence electrons. The average Bonchev–Trinajstić information content (AvgIpc) is 2.56. The molecule has 1 N–H and O–H groups in total. The summed E-state index contributed by atoms with van der Waals surface area (Å²) in [5.41, 5.74) is 1.63. The van der Waals surface area contributed by atoms with E-state index in [0.717, 1.165) is 5.56 Å². The first kappa shape index (κ1) is 18.3. The van der Waals surface area contributed by atoms with Gasteiger partial charge in [0, 0.05) is 17.1 Å². The second kappa shape index (κ2) is 8.71. The Hall–Kier alpha value is -2.04. The number of esters is 1. The summed E-state index contributed by atoms with van der Waals surface area (Å²) in [7, 11) is 0. The Morgan fingerprint density at radius 2 is 1.83 bits per heavy atom. The molecule has 0 radical (unpaired) electrons. The summed E-state index contributed by atoms with van der Waals surface area (Å²) < 4.78 is 4.94. The molecule has 2 rings (SSSR count). The molecule has 2 aromatic carbocycles. The van der Waals surface area contributed by atoms with Gasteiger partial charge in [-0.15, -0.1) is 0 Å². The molecule has 0 aliphatic rings. The summed E-state index contributed by atoms with van der Waals surface area (Å²) in [5, 5.41) is 3.67. The van der Waals surface area contributed by atoms with Crippen LogP contribution in [0.3, 0.4) is 0 Å². The lowest BCUT2D eigenvalue weighted by Crippen LogP contribution is -2.13. The molecule has 0 fully saturated rings. The number of hydrogen-bond donors (Lipinski definition) is 1. The predicted molar refractivity (Wildman–Crippen MR) is 95.8 cm³/mol. The third-order valence-corrected chi connectivity index (χ3v) is 4.02. The number of carbonyl (C=O) groups excluding carboxylic acids is 2. The summed E-state index contributed by atoms with van der Waals surface area (Å²) in [6, 6.07) is 12.1. The van der Waals surface area contributed by atoms with E-state index < -0.39 is 5.97 Å². The average molecular weight is 366 g/mol. The molecule has 0 saturated heterocycles. The standard InChI is InChI=1S/C18H17Cl2NO3/c1-2-24-18(23)14-11-13(8-9-16(14)20)21-17(22)10-7-12-5-3-4-6-15(12)19/h3-6,8-9,11H,2,7,10H2,1H3,(H,21,22). The first-order valence-electron chi connectivity index (χ1n) is 7.51. The molecule has 6 heteroatoms. The highest BCUT2D eigenvalue weighted by atomic mass is 35.5. The molecule has 0 saturated carbocycles. The van der Waals surface area contributed by atoms with Gasteiger partial charge in [-0.05, 0) is 43.2 Å². The van der Waals surface area contributed by atoms with E-state index in [4.69, 9.17) is 27.9 Å². The predicted octanol–water partition coefficient (Wildman–Crippen LogP) is 4.74. The molecule has 0 atom stereocenters. The first-order chi connectivity index (χ1) is 11.5. The van der Waals surface area contributed by atoms with Crippen molar-refractivity contribution >= 4 is 40.8 Å². The van der Waals surface area contributed by atoms with E-state index >= 15 is 0 Å². The highest BCUT2D eigenvalue weighted by molar-refractivity contribution is 6.33. The fourth-order valence-electron chi connectivity index (χ4n) is 2.14. The minimum Gasteiger partial charge on any atom is -0.462 e. The van der Waals surface area contributed by atoms with Gasteiger partial charge in [-0.3, -0.25) is 4.79 Å². The Labute approximate surface area is 150 Å². The van der Waals surface area contributed by atoms with Crippen LogP contribution in [0, 0.1) is 0 Å². The Kier molecular flexibility index (Phi) is 6.64. The molecular weight excluding hydrogens is 349 g/mol. The molecule has 4 nitrogen and oxygen atoms in total. The van der Waals surface area contributed by atoms with Gasteiger partial charge in [0.05, 0.1) is 17.2 Å². The second-order valence-electron chi connectivity index (χ2n) is 5.05. The number of ether oxygens (including phenoxy) is 1. The lowest BCUT2D eigenvalue weighted by atomic mass is 10.1. The van der Waals surface area contributed by atoms with Gasteiger partial charge in [-0.1, -0.05) is 41.4 Å². The van der Waals surface area contributed by atoms with Crippen LogP contribution in [-0.4, -0.2) is 18.5 Å². The van der Waals surface area contributed by atoms with Crippen molar-refractivity contribution in [3.05, 3.63) is 63.6 Å². The molecule has 0 aliphatic carbocycles. The van der Waals surface area contributed by atoms with E-state index in [1.165, 1.54) is 6.07 Å². The van der Waals surface area contributed by atoms with Crippen molar-refractivity contribution in [3.8, 4) is 0 Å². The van der Waals surface area contributed by atoms with Crippen LogP contribution in [0.25, 0.3) is 0 Å². The summed E-state index contributed by atoms with van der Waals surface area (Å²) >= 11 is 12.1. The fraction of sp³-hybridized carbons (Fsp3) is 0.222. The van der Waals surface area contributed by atoms with Crippen LogP contribution in [0.5, 0.6) is 0 Å². The summed E-state index contributed by atoms with van der Waals surface area (Å²) in [5.74, 6) is -0.693. The van der Waals surface area contributed by atoms with Gasteiger partial charge < -0.3 is 10.1 Å². The van der Waals surface area contributed by atoms with Crippen molar-refractivity contribution in [2.24, 2.45) is 0 Å². The maximum atomic E-state index is 12.1. The molecule has 2 aromatic rings. The van der Waals surface area contributed by atoms with Gasteiger partial charge in [0.1, 0.15) is 0 Å². The van der Waals surface area contributed by atoms with Crippen LogP contribution < -0.4 is 5.32 Å². The van der Waals surface area contributed by atoms with Crippen LogP contribution in [-0.2, 0) is 16.0 Å². The first-order valence-corrected chi connectivity index (χ1v) is 8.26. The van der Waals surface area contributed by atoms with Crippen molar-refractivity contribution in [2.45, 2.75) is 19.8 Å². The van der Waals surface area contributed by atoms with E-state index in [2.05, 4.69) is 5.32 Å². The Morgan fingerprint density at radius 3 is 2.54 bits per heavy atom. The van der Waals surface area contributed by atoms with Crippen molar-refractivity contribution in [3.63, 3.8) is 0 Å².